The molecule has 5 heteroatoms. The number of ether oxygens (including phenoxy) is 3. The molecule has 0 N–H and O–H groups in total. The molecule has 1 fully saturated rings. The van der Waals surface area contributed by atoms with Gasteiger partial charge in [-0.2, -0.15) is 0 Å². The molecule has 0 radical (unpaired) electrons. The maximum atomic E-state index is 13.3. The van der Waals surface area contributed by atoms with Crippen LogP contribution in [0.1, 0.15) is 0 Å². The van der Waals surface area contributed by atoms with Gasteiger partial charge < -0.3 is 14.2 Å². The first kappa shape index (κ1) is 10.9. The number of hydrogen-bond acceptors (Lipinski definition) is 3. The molecular weight excluding hydrogens is 267 g/mol. The second kappa shape index (κ2) is 4.92. The van der Waals surface area contributed by atoms with Gasteiger partial charge in [0.1, 0.15) is 6.61 Å². The monoisotopic (exact) mass is 276 g/mol. The summed E-state index contributed by atoms with van der Waals surface area (Å²) in [5.74, 6) is -0.195. The second-order valence-electron chi connectivity index (χ2n) is 3.06. The van der Waals surface area contributed by atoms with Crippen molar-refractivity contribution >= 4 is 15.9 Å². The van der Waals surface area contributed by atoms with Crippen LogP contribution < -0.4 is 4.74 Å². The highest BCUT2D eigenvalue weighted by Crippen LogP contribution is 2.21. The van der Waals surface area contributed by atoms with Crippen molar-refractivity contribution in [3.63, 3.8) is 0 Å². The van der Waals surface area contributed by atoms with Gasteiger partial charge in [0.05, 0.1) is 13.2 Å². The molecule has 2 rings (SSSR count). The highest BCUT2D eigenvalue weighted by atomic mass is 79.9. The smallest absolute Gasteiger partial charge is 0.191 e. The van der Waals surface area contributed by atoms with E-state index in [1.807, 2.05) is 0 Å². The van der Waals surface area contributed by atoms with E-state index < -0.39 is 5.82 Å². The van der Waals surface area contributed by atoms with Gasteiger partial charge in [-0.1, -0.05) is 15.9 Å². The normalized spacial score (nSPS) is 16.9. The summed E-state index contributed by atoms with van der Waals surface area (Å²) < 4.78 is 29.5. The van der Waals surface area contributed by atoms with Crippen LogP contribution in [0.4, 0.5) is 4.39 Å². The summed E-state index contributed by atoms with van der Waals surface area (Å²) in [7, 11) is 0. The topological polar surface area (TPSA) is 27.7 Å². The predicted octanol–water partition coefficient (Wildman–Crippen LogP) is 2.34. The van der Waals surface area contributed by atoms with Crippen molar-refractivity contribution in [2.75, 3.05) is 19.8 Å². The lowest BCUT2D eigenvalue weighted by Gasteiger charge is -2.11. The van der Waals surface area contributed by atoms with Crippen LogP contribution in [0.5, 0.6) is 5.75 Å². The average Bonchev–Trinajstić information content (AvgIpc) is 2.69. The third-order valence-electron chi connectivity index (χ3n) is 1.96. The van der Waals surface area contributed by atoms with Crippen molar-refractivity contribution in [2.24, 2.45) is 0 Å². The van der Waals surface area contributed by atoms with Gasteiger partial charge in [-0.05, 0) is 18.2 Å². The molecule has 1 aromatic rings. The standard InChI is InChI=1S/C10H10BrFO3/c11-7-1-2-9(8(12)5-7)15-6-10-13-3-4-14-10/h1-2,5,10H,3-4,6H2. The molecule has 0 unspecified atom stereocenters. The summed E-state index contributed by atoms with van der Waals surface area (Å²) in [5.41, 5.74) is 0. The molecule has 1 aliphatic heterocycles. The van der Waals surface area contributed by atoms with E-state index in [0.29, 0.717) is 17.7 Å². The van der Waals surface area contributed by atoms with Gasteiger partial charge in [-0.3, -0.25) is 0 Å². The van der Waals surface area contributed by atoms with E-state index in [2.05, 4.69) is 15.9 Å². The SMILES string of the molecule is Fc1cc(Br)ccc1OCC1OCCO1. The van der Waals surface area contributed by atoms with Crippen LogP contribution >= 0.6 is 15.9 Å². The van der Waals surface area contributed by atoms with Gasteiger partial charge >= 0.3 is 0 Å². The zero-order valence-corrected chi connectivity index (χ0v) is 9.50. The Bertz CT molecular complexity index is 339. The summed E-state index contributed by atoms with van der Waals surface area (Å²) in [6.45, 7) is 1.34. The molecule has 82 valence electrons. The van der Waals surface area contributed by atoms with E-state index in [1.54, 1.807) is 12.1 Å². The fourth-order valence-corrected chi connectivity index (χ4v) is 1.59. The minimum atomic E-state index is -0.401. The van der Waals surface area contributed by atoms with Gasteiger partial charge in [-0.15, -0.1) is 0 Å². The van der Waals surface area contributed by atoms with Crippen molar-refractivity contribution in [1.82, 2.24) is 0 Å². The second-order valence-corrected chi connectivity index (χ2v) is 3.97. The molecular formula is C10H10BrFO3. The van der Waals surface area contributed by atoms with Crippen molar-refractivity contribution < 1.29 is 18.6 Å². The lowest BCUT2D eigenvalue weighted by Crippen LogP contribution is -2.18. The van der Waals surface area contributed by atoms with Crippen molar-refractivity contribution in [3.05, 3.63) is 28.5 Å². The minimum Gasteiger partial charge on any atom is -0.485 e. The summed E-state index contributed by atoms with van der Waals surface area (Å²) in [6, 6.07) is 4.63. The third-order valence-corrected chi connectivity index (χ3v) is 2.45. The molecule has 15 heavy (non-hydrogen) atoms. The van der Waals surface area contributed by atoms with Gasteiger partial charge in [0.15, 0.2) is 17.9 Å². The molecule has 0 aromatic heterocycles. The Morgan fingerprint density at radius 3 is 2.80 bits per heavy atom. The zero-order valence-electron chi connectivity index (χ0n) is 7.91. The maximum Gasteiger partial charge on any atom is 0.191 e. The van der Waals surface area contributed by atoms with Gasteiger partial charge in [0, 0.05) is 4.47 Å². The van der Waals surface area contributed by atoms with E-state index in [-0.39, 0.29) is 18.6 Å². The molecule has 1 aromatic carbocycles. The number of rotatable bonds is 3. The van der Waals surface area contributed by atoms with E-state index >= 15 is 0 Å². The van der Waals surface area contributed by atoms with Crippen molar-refractivity contribution in [1.29, 1.82) is 0 Å². The first-order valence-electron chi connectivity index (χ1n) is 4.57. The molecule has 1 aliphatic rings. The maximum absolute atomic E-state index is 13.3. The Balaban J connectivity index is 1.92. The molecule has 1 saturated heterocycles. The Morgan fingerprint density at radius 1 is 1.40 bits per heavy atom. The Morgan fingerprint density at radius 2 is 2.13 bits per heavy atom. The summed E-state index contributed by atoms with van der Waals surface area (Å²) in [4.78, 5) is 0. The summed E-state index contributed by atoms with van der Waals surface area (Å²) in [5, 5.41) is 0. The van der Waals surface area contributed by atoms with Gasteiger partial charge in [-0.25, -0.2) is 4.39 Å². The molecule has 0 aliphatic carbocycles. The molecule has 0 amide bonds. The fourth-order valence-electron chi connectivity index (χ4n) is 1.25. The van der Waals surface area contributed by atoms with Crippen molar-refractivity contribution in [3.8, 4) is 5.75 Å². The Labute approximate surface area is 95.3 Å². The van der Waals surface area contributed by atoms with Crippen molar-refractivity contribution in [2.45, 2.75) is 6.29 Å². The van der Waals surface area contributed by atoms with Gasteiger partial charge in [0.25, 0.3) is 0 Å². The highest BCUT2D eigenvalue weighted by Gasteiger charge is 2.17. The zero-order chi connectivity index (χ0) is 10.7. The van der Waals surface area contributed by atoms with E-state index in [1.165, 1.54) is 6.07 Å². The Hall–Kier alpha value is -0.650. The first-order valence-corrected chi connectivity index (χ1v) is 5.36. The van der Waals surface area contributed by atoms with Crippen LogP contribution in [0.2, 0.25) is 0 Å². The highest BCUT2D eigenvalue weighted by molar-refractivity contribution is 9.10. The van der Waals surface area contributed by atoms with Gasteiger partial charge in [0.2, 0.25) is 0 Å². The summed E-state index contributed by atoms with van der Waals surface area (Å²) >= 11 is 3.17. The molecule has 1 heterocycles. The largest absolute Gasteiger partial charge is 0.485 e. The lowest BCUT2D eigenvalue weighted by molar-refractivity contribution is -0.0689. The van der Waals surface area contributed by atoms with E-state index in [0.717, 1.165) is 0 Å². The minimum absolute atomic E-state index is 0.206. The average molecular weight is 277 g/mol. The van der Waals surface area contributed by atoms with E-state index in [9.17, 15) is 4.39 Å². The quantitative estimate of drug-likeness (QED) is 0.848. The molecule has 0 spiro atoms. The van der Waals surface area contributed by atoms with E-state index in [4.69, 9.17) is 14.2 Å². The van der Waals surface area contributed by atoms with Crippen LogP contribution in [-0.2, 0) is 9.47 Å². The Kier molecular flexibility index (Phi) is 3.56. The molecule has 3 nitrogen and oxygen atoms in total. The first-order chi connectivity index (χ1) is 7.25. The lowest BCUT2D eigenvalue weighted by atomic mass is 10.3. The van der Waals surface area contributed by atoms with Crippen LogP contribution in [0.25, 0.3) is 0 Å². The molecule has 0 saturated carbocycles. The number of halogens is 2. The third kappa shape index (κ3) is 2.90. The van der Waals surface area contributed by atoms with Crippen LogP contribution in [0.15, 0.2) is 22.7 Å². The summed E-state index contributed by atoms with van der Waals surface area (Å²) in [6.07, 6.45) is -0.381. The molecule has 0 bridgehead atoms. The van der Waals surface area contributed by atoms with Crippen LogP contribution in [-0.4, -0.2) is 26.1 Å². The van der Waals surface area contributed by atoms with Crippen LogP contribution in [0.3, 0.4) is 0 Å². The molecule has 0 atom stereocenters. The number of benzene rings is 1. The van der Waals surface area contributed by atoms with Crippen LogP contribution in [0, 0.1) is 5.82 Å². The fraction of sp³-hybridized carbons (Fsp3) is 0.400. The predicted molar refractivity (Wildman–Crippen MR) is 55.3 cm³/mol. The number of hydrogen-bond donors (Lipinski definition) is 0.